The number of nitrogens with zero attached hydrogens (tertiary/aromatic N) is 2. The number of benzene rings is 1. The van der Waals surface area contributed by atoms with Crippen LogP contribution < -0.4 is 10.2 Å². The van der Waals surface area contributed by atoms with Crippen molar-refractivity contribution in [2.45, 2.75) is 12.8 Å². The Morgan fingerprint density at radius 2 is 1.90 bits per heavy atom. The highest BCUT2D eigenvalue weighted by molar-refractivity contribution is 6.07. The average molecular weight is 281 g/mol. The van der Waals surface area contributed by atoms with Gasteiger partial charge in [-0.1, -0.05) is 12.1 Å². The largest absolute Gasteiger partial charge is 0.320 e. The van der Waals surface area contributed by atoms with Crippen molar-refractivity contribution in [2.24, 2.45) is 0 Å². The maximum absolute atomic E-state index is 12.2. The molecule has 3 rings (SSSR count). The van der Waals surface area contributed by atoms with Crippen molar-refractivity contribution < 1.29 is 9.59 Å². The third-order valence-corrected chi connectivity index (χ3v) is 3.46. The lowest BCUT2D eigenvalue weighted by molar-refractivity contribution is -0.117. The van der Waals surface area contributed by atoms with Crippen LogP contribution in [0.25, 0.3) is 0 Å². The van der Waals surface area contributed by atoms with E-state index in [0.29, 0.717) is 24.2 Å². The fourth-order valence-electron chi connectivity index (χ4n) is 2.42. The van der Waals surface area contributed by atoms with E-state index in [2.05, 4.69) is 10.3 Å². The van der Waals surface area contributed by atoms with Gasteiger partial charge in [-0.3, -0.25) is 14.6 Å². The maximum Gasteiger partial charge on any atom is 0.255 e. The minimum absolute atomic E-state index is 0.0978. The van der Waals surface area contributed by atoms with Crippen molar-refractivity contribution in [3.63, 3.8) is 0 Å². The van der Waals surface area contributed by atoms with Crippen molar-refractivity contribution >= 4 is 23.2 Å². The zero-order valence-corrected chi connectivity index (χ0v) is 11.5. The Balaban J connectivity index is 1.86. The van der Waals surface area contributed by atoms with Crippen molar-refractivity contribution in [2.75, 3.05) is 16.8 Å². The van der Waals surface area contributed by atoms with Crippen LogP contribution in [0.5, 0.6) is 0 Å². The molecular weight excluding hydrogens is 266 g/mol. The second-order valence-corrected chi connectivity index (χ2v) is 4.86. The molecule has 1 aromatic carbocycles. The molecule has 5 heteroatoms. The van der Waals surface area contributed by atoms with Gasteiger partial charge in [-0.15, -0.1) is 0 Å². The number of para-hydroxylation sites is 2. The van der Waals surface area contributed by atoms with Crippen LogP contribution in [0.1, 0.15) is 23.2 Å². The molecule has 106 valence electrons. The maximum atomic E-state index is 12.2. The lowest BCUT2D eigenvalue weighted by Gasteiger charge is -2.19. The van der Waals surface area contributed by atoms with Gasteiger partial charge in [0.1, 0.15) is 0 Å². The second kappa shape index (κ2) is 5.75. The number of hydrogen-bond acceptors (Lipinski definition) is 3. The molecule has 1 N–H and O–H groups in total. The van der Waals surface area contributed by atoms with Crippen molar-refractivity contribution in [3.05, 3.63) is 54.4 Å². The summed E-state index contributed by atoms with van der Waals surface area (Å²) in [5.74, 6) is -0.114. The summed E-state index contributed by atoms with van der Waals surface area (Å²) in [6.07, 6.45) is 4.56. The number of carbonyl (C=O) groups is 2. The molecule has 0 bridgehead atoms. The van der Waals surface area contributed by atoms with Crippen molar-refractivity contribution in [1.82, 2.24) is 4.98 Å². The van der Waals surface area contributed by atoms with Gasteiger partial charge in [-0.2, -0.15) is 0 Å². The number of rotatable bonds is 3. The first-order valence-electron chi connectivity index (χ1n) is 6.86. The molecule has 1 aliphatic rings. The van der Waals surface area contributed by atoms with E-state index < -0.39 is 0 Å². The molecule has 1 aromatic heterocycles. The van der Waals surface area contributed by atoms with Gasteiger partial charge in [-0.25, -0.2) is 0 Å². The lowest BCUT2D eigenvalue weighted by atomic mass is 10.2. The second-order valence-electron chi connectivity index (χ2n) is 4.86. The van der Waals surface area contributed by atoms with Gasteiger partial charge in [0.15, 0.2) is 0 Å². The Morgan fingerprint density at radius 1 is 1.14 bits per heavy atom. The van der Waals surface area contributed by atoms with E-state index in [1.807, 2.05) is 18.2 Å². The Morgan fingerprint density at radius 3 is 2.62 bits per heavy atom. The number of amides is 2. The molecule has 0 saturated carbocycles. The third kappa shape index (κ3) is 2.76. The summed E-state index contributed by atoms with van der Waals surface area (Å²) >= 11 is 0. The molecule has 2 amide bonds. The van der Waals surface area contributed by atoms with Crippen molar-refractivity contribution in [3.8, 4) is 0 Å². The quantitative estimate of drug-likeness (QED) is 0.940. The van der Waals surface area contributed by atoms with E-state index in [1.54, 1.807) is 35.5 Å². The van der Waals surface area contributed by atoms with Gasteiger partial charge in [0, 0.05) is 30.9 Å². The molecule has 1 saturated heterocycles. The van der Waals surface area contributed by atoms with Crippen LogP contribution in [0.15, 0.2) is 48.8 Å². The van der Waals surface area contributed by atoms with E-state index in [0.717, 1.165) is 12.1 Å². The van der Waals surface area contributed by atoms with Gasteiger partial charge in [0.05, 0.1) is 11.4 Å². The van der Waals surface area contributed by atoms with Crippen LogP contribution in [0.4, 0.5) is 11.4 Å². The first-order chi connectivity index (χ1) is 10.3. The third-order valence-electron chi connectivity index (χ3n) is 3.46. The van der Waals surface area contributed by atoms with Crippen molar-refractivity contribution in [1.29, 1.82) is 0 Å². The average Bonchev–Trinajstić information content (AvgIpc) is 2.95. The Hall–Kier alpha value is -2.69. The summed E-state index contributed by atoms with van der Waals surface area (Å²) in [7, 11) is 0. The molecule has 5 nitrogen and oxygen atoms in total. The number of hydrogen-bond donors (Lipinski definition) is 1. The number of nitrogens with one attached hydrogen (secondary N) is 1. The van der Waals surface area contributed by atoms with E-state index in [-0.39, 0.29) is 11.8 Å². The minimum atomic E-state index is -0.212. The molecule has 0 atom stereocenters. The Kier molecular flexibility index (Phi) is 3.64. The van der Waals surface area contributed by atoms with E-state index in [9.17, 15) is 9.59 Å². The van der Waals surface area contributed by atoms with Gasteiger partial charge in [-0.05, 0) is 30.7 Å². The van der Waals surface area contributed by atoms with Crippen LogP contribution in [0.2, 0.25) is 0 Å². The number of carbonyl (C=O) groups excluding carboxylic acids is 2. The lowest BCUT2D eigenvalue weighted by Crippen LogP contribution is -2.25. The van der Waals surface area contributed by atoms with Gasteiger partial charge in [0.2, 0.25) is 5.91 Å². The SMILES string of the molecule is O=C(Nc1ccccc1N1CCCC1=O)c1ccncc1. The molecular formula is C16H15N3O2. The number of aromatic nitrogens is 1. The highest BCUT2D eigenvalue weighted by Gasteiger charge is 2.24. The monoisotopic (exact) mass is 281 g/mol. The molecule has 2 aromatic rings. The zero-order valence-electron chi connectivity index (χ0n) is 11.5. The van der Waals surface area contributed by atoms with Crippen LogP contribution in [-0.2, 0) is 4.79 Å². The Bertz CT molecular complexity index is 670. The first-order valence-corrected chi connectivity index (χ1v) is 6.86. The molecule has 0 spiro atoms. The van der Waals surface area contributed by atoms with Crippen LogP contribution in [-0.4, -0.2) is 23.3 Å². The fraction of sp³-hybridized carbons (Fsp3) is 0.188. The van der Waals surface area contributed by atoms with E-state index in [4.69, 9.17) is 0 Å². The molecule has 0 aliphatic carbocycles. The summed E-state index contributed by atoms with van der Waals surface area (Å²) in [6, 6.07) is 10.7. The number of pyridine rings is 1. The normalized spacial score (nSPS) is 14.3. The topological polar surface area (TPSA) is 62.3 Å². The first kappa shape index (κ1) is 13.3. The van der Waals surface area contributed by atoms with E-state index in [1.165, 1.54) is 0 Å². The summed E-state index contributed by atoms with van der Waals surface area (Å²) in [5.41, 5.74) is 1.93. The highest BCUT2D eigenvalue weighted by atomic mass is 16.2. The summed E-state index contributed by atoms with van der Waals surface area (Å²) < 4.78 is 0. The molecule has 21 heavy (non-hydrogen) atoms. The highest BCUT2D eigenvalue weighted by Crippen LogP contribution is 2.29. The molecule has 0 unspecified atom stereocenters. The molecule has 0 radical (unpaired) electrons. The summed E-state index contributed by atoms with van der Waals surface area (Å²) in [6.45, 7) is 0.695. The summed E-state index contributed by atoms with van der Waals surface area (Å²) in [4.78, 5) is 29.7. The minimum Gasteiger partial charge on any atom is -0.320 e. The summed E-state index contributed by atoms with van der Waals surface area (Å²) in [5, 5.41) is 2.86. The molecule has 2 heterocycles. The van der Waals surface area contributed by atoms with Crippen LogP contribution in [0, 0.1) is 0 Å². The van der Waals surface area contributed by atoms with Gasteiger partial charge < -0.3 is 10.2 Å². The van der Waals surface area contributed by atoms with Crippen LogP contribution >= 0.6 is 0 Å². The predicted octanol–water partition coefficient (Wildman–Crippen LogP) is 2.46. The van der Waals surface area contributed by atoms with Crippen LogP contribution in [0.3, 0.4) is 0 Å². The molecule has 1 fully saturated rings. The fourth-order valence-corrected chi connectivity index (χ4v) is 2.42. The van der Waals surface area contributed by atoms with Gasteiger partial charge in [0.25, 0.3) is 5.91 Å². The smallest absolute Gasteiger partial charge is 0.255 e. The zero-order chi connectivity index (χ0) is 14.7. The predicted molar refractivity (Wildman–Crippen MR) is 80.2 cm³/mol. The molecule has 1 aliphatic heterocycles. The number of anilines is 2. The van der Waals surface area contributed by atoms with Gasteiger partial charge >= 0.3 is 0 Å². The van der Waals surface area contributed by atoms with E-state index >= 15 is 0 Å². The standard InChI is InChI=1S/C16H15N3O2/c20-15-6-3-11-19(15)14-5-2-1-4-13(14)18-16(21)12-7-9-17-10-8-12/h1-2,4-5,7-10H,3,6,11H2,(H,18,21). The Labute approximate surface area is 122 Å².